The molecule has 2 rings (SSSR count). The maximum atomic E-state index is 11.7. The minimum absolute atomic E-state index is 0.0305. The summed E-state index contributed by atoms with van der Waals surface area (Å²) in [5.41, 5.74) is 1.18. The van der Waals surface area contributed by atoms with E-state index >= 15 is 0 Å². The van der Waals surface area contributed by atoms with E-state index in [9.17, 15) is 9.59 Å². The summed E-state index contributed by atoms with van der Waals surface area (Å²) in [6.07, 6.45) is 1.67. The van der Waals surface area contributed by atoms with Crippen LogP contribution in [-0.4, -0.2) is 23.2 Å². The van der Waals surface area contributed by atoms with Gasteiger partial charge in [-0.1, -0.05) is 12.1 Å². The molecule has 0 spiro atoms. The number of benzene rings is 1. The van der Waals surface area contributed by atoms with Gasteiger partial charge >= 0.3 is 0 Å². The molecule has 1 aromatic heterocycles. The first kappa shape index (κ1) is 13.2. The van der Waals surface area contributed by atoms with E-state index in [4.69, 9.17) is 0 Å². The molecule has 5 nitrogen and oxygen atoms in total. The standard InChI is InChI=1S/C13H13N3O2S/c1-9(17)10-3-2-4-11(7-10)16-12(18)8-15-13-14-5-6-19-13/h2-7H,8H2,1H3,(H,14,15)(H,16,18). The van der Waals surface area contributed by atoms with Gasteiger partial charge in [0.15, 0.2) is 10.9 Å². The zero-order valence-corrected chi connectivity index (χ0v) is 11.2. The Bertz CT molecular complexity index is 581. The molecule has 2 aromatic rings. The van der Waals surface area contributed by atoms with Crippen LogP contribution in [0.4, 0.5) is 10.8 Å². The summed E-state index contributed by atoms with van der Waals surface area (Å²) in [7, 11) is 0. The normalized spacial score (nSPS) is 9.95. The molecule has 0 atom stereocenters. The maximum Gasteiger partial charge on any atom is 0.243 e. The van der Waals surface area contributed by atoms with Crippen molar-refractivity contribution in [3.63, 3.8) is 0 Å². The van der Waals surface area contributed by atoms with E-state index in [1.54, 1.807) is 30.5 Å². The highest BCUT2D eigenvalue weighted by molar-refractivity contribution is 7.13. The quantitative estimate of drug-likeness (QED) is 0.822. The van der Waals surface area contributed by atoms with Crippen LogP contribution < -0.4 is 10.6 Å². The molecule has 0 radical (unpaired) electrons. The lowest BCUT2D eigenvalue weighted by Gasteiger charge is -2.06. The summed E-state index contributed by atoms with van der Waals surface area (Å²) >= 11 is 1.43. The second kappa shape index (κ2) is 6.10. The minimum atomic E-state index is -0.184. The van der Waals surface area contributed by atoms with Crippen LogP contribution in [0.25, 0.3) is 0 Å². The number of carbonyl (C=O) groups is 2. The van der Waals surface area contributed by atoms with Crippen molar-refractivity contribution in [2.45, 2.75) is 6.92 Å². The molecule has 1 amide bonds. The predicted molar refractivity (Wildman–Crippen MR) is 75.7 cm³/mol. The first-order valence-corrected chi connectivity index (χ1v) is 6.57. The van der Waals surface area contributed by atoms with Gasteiger partial charge in [-0.05, 0) is 19.1 Å². The molecular weight excluding hydrogens is 262 g/mol. The van der Waals surface area contributed by atoms with Crippen LogP contribution in [0.15, 0.2) is 35.8 Å². The highest BCUT2D eigenvalue weighted by Gasteiger charge is 2.05. The van der Waals surface area contributed by atoms with Crippen molar-refractivity contribution in [3.05, 3.63) is 41.4 Å². The van der Waals surface area contributed by atoms with Crippen molar-refractivity contribution in [1.82, 2.24) is 4.98 Å². The number of hydrogen-bond donors (Lipinski definition) is 2. The molecule has 0 aliphatic carbocycles. The highest BCUT2D eigenvalue weighted by atomic mass is 32.1. The van der Waals surface area contributed by atoms with Crippen LogP contribution in [0.3, 0.4) is 0 Å². The maximum absolute atomic E-state index is 11.7. The number of aromatic nitrogens is 1. The summed E-state index contributed by atoms with van der Waals surface area (Å²) in [5.74, 6) is -0.215. The van der Waals surface area contributed by atoms with Crippen LogP contribution in [0.2, 0.25) is 0 Å². The van der Waals surface area contributed by atoms with Crippen LogP contribution in [0, 0.1) is 0 Å². The second-order valence-corrected chi connectivity index (χ2v) is 4.77. The van der Waals surface area contributed by atoms with Crippen molar-refractivity contribution in [2.24, 2.45) is 0 Å². The summed E-state index contributed by atoms with van der Waals surface area (Å²) in [4.78, 5) is 27.0. The molecule has 0 saturated carbocycles. The van der Waals surface area contributed by atoms with Crippen molar-refractivity contribution in [3.8, 4) is 0 Å². The lowest BCUT2D eigenvalue weighted by molar-refractivity contribution is -0.114. The summed E-state index contributed by atoms with van der Waals surface area (Å²) in [6, 6.07) is 6.85. The Kier molecular flexibility index (Phi) is 4.25. The Morgan fingerprint density at radius 2 is 2.21 bits per heavy atom. The second-order valence-electron chi connectivity index (χ2n) is 3.88. The summed E-state index contributed by atoms with van der Waals surface area (Å²) < 4.78 is 0. The number of rotatable bonds is 5. The Morgan fingerprint density at radius 3 is 2.89 bits per heavy atom. The molecule has 1 heterocycles. The Labute approximate surface area is 114 Å². The first-order valence-electron chi connectivity index (χ1n) is 5.69. The Morgan fingerprint density at radius 1 is 1.37 bits per heavy atom. The van der Waals surface area contributed by atoms with Gasteiger partial charge in [0.2, 0.25) is 5.91 Å². The van der Waals surface area contributed by atoms with E-state index in [1.807, 2.05) is 5.38 Å². The number of nitrogens with one attached hydrogen (secondary N) is 2. The van der Waals surface area contributed by atoms with Gasteiger partial charge in [-0.2, -0.15) is 0 Å². The number of nitrogens with zero attached hydrogens (tertiary/aromatic N) is 1. The average molecular weight is 275 g/mol. The van der Waals surface area contributed by atoms with Gasteiger partial charge in [0.25, 0.3) is 0 Å². The van der Waals surface area contributed by atoms with Crippen molar-refractivity contribution in [2.75, 3.05) is 17.2 Å². The lowest BCUT2D eigenvalue weighted by Crippen LogP contribution is -2.21. The molecule has 19 heavy (non-hydrogen) atoms. The molecule has 6 heteroatoms. The average Bonchev–Trinajstić information content (AvgIpc) is 2.90. The molecular formula is C13H13N3O2S. The van der Waals surface area contributed by atoms with Gasteiger partial charge in [0, 0.05) is 22.8 Å². The van der Waals surface area contributed by atoms with Gasteiger partial charge in [0.05, 0.1) is 6.54 Å². The molecule has 0 unspecified atom stereocenters. The van der Waals surface area contributed by atoms with Gasteiger partial charge in [-0.25, -0.2) is 4.98 Å². The molecule has 0 bridgehead atoms. The number of Topliss-reactive ketones (excluding diaryl/α,β-unsaturated/α-hetero) is 1. The van der Waals surface area contributed by atoms with E-state index in [-0.39, 0.29) is 18.2 Å². The summed E-state index contributed by atoms with van der Waals surface area (Å²) in [6.45, 7) is 1.63. The van der Waals surface area contributed by atoms with Gasteiger partial charge < -0.3 is 10.6 Å². The fourth-order valence-corrected chi connectivity index (χ4v) is 2.02. The molecule has 0 aliphatic heterocycles. The van der Waals surface area contributed by atoms with Gasteiger partial charge in [0.1, 0.15) is 0 Å². The molecule has 0 saturated heterocycles. The van der Waals surface area contributed by atoms with Crippen LogP contribution in [0.5, 0.6) is 0 Å². The van der Waals surface area contributed by atoms with Crippen molar-refractivity contribution >= 4 is 33.8 Å². The fourth-order valence-electron chi connectivity index (χ4n) is 1.49. The highest BCUT2D eigenvalue weighted by Crippen LogP contribution is 2.12. The molecule has 98 valence electrons. The molecule has 1 aromatic carbocycles. The van der Waals surface area contributed by atoms with E-state index in [0.29, 0.717) is 16.4 Å². The molecule has 2 N–H and O–H groups in total. The van der Waals surface area contributed by atoms with Crippen molar-refractivity contribution < 1.29 is 9.59 Å². The number of hydrogen-bond acceptors (Lipinski definition) is 5. The molecule has 0 aliphatic rings. The van der Waals surface area contributed by atoms with Crippen LogP contribution >= 0.6 is 11.3 Å². The number of carbonyl (C=O) groups excluding carboxylic acids is 2. The SMILES string of the molecule is CC(=O)c1cccc(NC(=O)CNc2nccs2)c1. The number of ketones is 1. The predicted octanol–water partition coefficient (Wildman–Crippen LogP) is 2.40. The third-order valence-electron chi connectivity index (χ3n) is 2.39. The van der Waals surface area contributed by atoms with Crippen LogP contribution in [0.1, 0.15) is 17.3 Å². The third kappa shape index (κ3) is 3.89. The van der Waals surface area contributed by atoms with Crippen LogP contribution in [-0.2, 0) is 4.79 Å². The lowest BCUT2D eigenvalue weighted by atomic mass is 10.1. The first-order chi connectivity index (χ1) is 9.15. The third-order valence-corrected chi connectivity index (χ3v) is 3.12. The number of anilines is 2. The van der Waals surface area contributed by atoms with Gasteiger partial charge in [-0.15, -0.1) is 11.3 Å². The number of thiazole rings is 1. The van der Waals surface area contributed by atoms with E-state index < -0.39 is 0 Å². The monoisotopic (exact) mass is 275 g/mol. The smallest absolute Gasteiger partial charge is 0.243 e. The van der Waals surface area contributed by atoms with E-state index in [2.05, 4.69) is 15.6 Å². The fraction of sp³-hybridized carbons (Fsp3) is 0.154. The zero-order chi connectivity index (χ0) is 13.7. The largest absolute Gasteiger partial charge is 0.352 e. The van der Waals surface area contributed by atoms with E-state index in [1.165, 1.54) is 18.3 Å². The Hall–Kier alpha value is -2.21. The Balaban J connectivity index is 1.91. The number of amides is 1. The summed E-state index contributed by atoms with van der Waals surface area (Å²) in [5, 5.41) is 8.16. The van der Waals surface area contributed by atoms with E-state index in [0.717, 1.165) is 0 Å². The van der Waals surface area contributed by atoms with Gasteiger partial charge in [-0.3, -0.25) is 9.59 Å². The molecule has 0 fully saturated rings. The minimum Gasteiger partial charge on any atom is -0.352 e. The van der Waals surface area contributed by atoms with Crippen molar-refractivity contribution in [1.29, 1.82) is 0 Å². The topological polar surface area (TPSA) is 71.1 Å². The zero-order valence-electron chi connectivity index (χ0n) is 10.3.